The highest BCUT2D eigenvalue weighted by Gasteiger charge is 2.53. The number of nitrogens with zero attached hydrogens (tertiary/aromatic N) is 5. The zero-order valence-corrected chi connectivity index (χ0v) is 19.3. The third-order valence-corrected chi connectivity index (χ3v) is 7.25. The van der Waals surface area contributed by atoms with E-state index in [1.165, 1.54) is 16.7 Å². The summed E-state index contributed by atoms with van der Waals surface area (Å²) in [7, 11) is 0. The standard InChI is InChI=1S/C20H19N7O5S2/c21-20-23-15(25-34-20)12(24-32-11-4-5-11)16(28)22-13-17(29)27-14(19(30)31)10(9-33-18(13)27)8-26-6-2-1-3-7-26/h1-3,6-7,11,13,18H,4-5,8-9H2,(H3-,21,22,23,25,28,30,31)/t13-,18-/m1/s1. The molecule has 2 atom stereocenters. The van der Waals surface area contributed by atoms with E-state index < -0.39 is 29.2 Å². The van der Waals surface area contributed by atoms with E-state index in [2.05, 4.69) is 19.8 Å². The van der Waals surface area contributed by atoms with Crippen molar-refractivity contribution in [2.24, 2.45) is 5.16 Å². The first-order chi connectivity index (χ1) is 16.4. The van der Waals surface area contributed by atoms with E-state index in [9.17, 15) is 19.5 Å². The Morgan fingerprint density at radius 2 is 2.09 bits per heavy atom. The minimum atomic E-state index is -1.43. The first kappa shape index (κ1) is 22.3. The molecule has 14 heteroatoms. The van der Waals surface area contributed by atoms with E-state index in [0.29, 0.717) is 17.9 Å². The maximum absolute atomic E-state index is 13.0. The molecular formula is C20H19N7O5S2. The van der Waals surface area contributed by atoms with E-state index in [0.717, 1.165) is 24.4 Å². The van der Waals surface area contributed by atoms with Crippen molar-refractivity contribution in [3.63, 3.8) is 0 Å². The Kier molecular flexibility index (Phi) is 5.91. The van der Waals surface area contributed by atoms with Gasteiger partial charge in [0.1, 0.15) is 17.5 Å². The number of nitrogens with one attached hydrogen (secondary N) is 1. The van der Waals surface area contributed by atoms with Crippen LogP contribution in [0.1, 0.15) is 18.7 Å². The average molecular weight is 502 g/mol. The van der Waals surface area contributed by atoms with Gasteiger partial charge in [-0.1, -0.05) is 11.2 Å². The molecule has 2 aliphatic heterocycles. The van der Waals surface area contributed by atoms with E-state index in [4.69, 9.17) is 10.6 Å². The number of hydrogen-bond acceptors (Lipinski definition) is 11. The second-order valence-corrected chi connectivity index (χ2v) is 9.74. The predicted molar refractivity (Wildman–Crippen MR) is 119 cm³/mol. The molecule has 2 aromatic rings. The summed E-state index contributed by atoms with van der Waals surface area (Å²) in [6.07, 6.45) is 5.22. The molecule has 2 amide bonds. The summed E-state index contributed by atoms with van der Waals surface area (Å²) in [6.45, 7) is 0.302. The first-order valence-corrected chi connectivity index (χ1v) is 12.2. The summed E-state index contributed by atoms with van der Waals surface area (Å²) >= 11 is 2.27. The molecule has 0 unspecified atom stereocenters. The number of carbonyl (C=O) groups excluding carboxylic acids is 3. The number of aromatic nitrogens is 3. The predicted octanol–water partition coefficient (Wildman–Crippen LogP) is -1.60. The topological polar surface area (TPSA) is 167 Å². The van der Waals surface area contributed by atoms with Gasteiger partial charge in [0.2, 0.25) is 11.5 Å². The van der Waals surface area contributed by atoms with Gasteiger partial charge in [0.05, 0.1) is 11.7 Å². The fraction of sp³-hybridized carbons (Fsp3) is 0.350. The second-order valence-electron chi connectivity index (χ2n) is 7.85. The van der Waals surface area contributed by atoms with Gasteiger partial charge in [0.25, 0.3) is 11.8 Å². The van der Waals surface area contributed by atoms with E-state index >= 15 is 0 Å². The zero-order chi connectivity index (χ0) is 23.8. The number of carboxylic acid groups (broad SMARTS) is 1. The van der Waals surface area contributed by atoms with Crippen molar-refractivity contribution in [3.8, 4) is 0 Å². The van der Waals surface area contributed by atoms with Crippen molar-refractivity contribution in [2.75, 3.05) is 11.5 Å². The molecule has 0 bridgehead atoms. The Morgan fingerprint density at radius 3 is 2.74 bits per heavy atom. The lowest BCUT2D eigenvalue weighted by Crippen LogP contribution is -2.71. The molecule has 3 N–H and O–H groups in total. The maximum atomic E-state index is 13.0. The summed E-state index contributed by atoms with van der Waals surface area (Å²) in [5.41, 5.74) is 5.84. The maximum Gasteiger partial charge on any atom is 0.278 e. The SMILES string of the molecule is Nc1nc(C(=NOC2CC2)C(=O)N[C@@H]2C(=O)N3C(C(=O)[O-])=C(C[n+]4ccccc4)CS[C@H]23)ns1. The van der Waals surface area contributed by atoms with Gasteiger partial charge in [-0.05, 0) is 12.8 Å². The zero-order valence-electron chi connectivity index (χ0n) is 17.6. The van der Waals surface area contributed by atoms with Gasteiger partial charge >= 0.3 is 0 Å². The lowest BCUT2D eigenvalue weighted by Gasteiger charge is -2.50. The average Bonchev–Trinajstić information content (AvgIpc) is 3.56. The molecular weight excluding hydrogens is 482 g/mol. The highest BCUT2D eigenvalue weighted by atomic mass is 32.2. The molecule has 12 nitrogen and oxygen atoms in total. The number of aliphatic carboxylic acids is 1. The molecule has 176 valence electrons. The molecule has 3 aliphatic rings. The van der Waals surface area contributed by atoms with Gasteiger partial charge in [-0.2, -0.15) is 9.36 Å². The van der Waals surface area contributed by atoms with Crippen molar-refractivity contribution in [1.29, 1.82) is 0 Å². The molecule has 2 fully saturated rings. The van der Waals surface area contributed by atoms with Gasteiger partial charge < -0.3 is 25.8 Å². The van der Waals surface area contributed by atoms with Crippen LogP contribution >= 0.6 is 23.3 Å². The molecule has 0 radical (unpaired) electrons. The monoisotopic (exact) mass is 501 g/mol. The van der Waals surface area contributed by atoms with Gasteiger partial charge in [-0.15, -0.1) is 11.8 Å². The van der Waals surface area contributed by atoms with Crippen LogP contribution in [0.4, 0.5) is 5.13 Å². The van der Waals surface area contributed by atoms with Crippen molar-refractivity contribution >= 4 is 51.9 Å². The van der Waals surface area contributed by atoms with Crippen molar-refractivity contribution in [3.05, 3.63) is 47.7 Å². The Hall–Kier alpha value is -3.52. The number of anilines is 1. The van der Waals surface area contributed by atoms with E-state index in [1.54, 1.807) is 12.4 Å². The van der Waals surface area contributed by atoms with Crippen LogP contribution in [-0.2, 0) is 25.8 Å². The number of β-lactam (4-membered cyclic amide) rings is 1. The largest absolute Gasteiger partial charge is 0.543 e. The van der Waals surface area contributed by atoms with Crippen molar-refractivity contribution in [1.82, 2.24) is 19.6 Å². The third kappa shape index (κ3) is 4.33. The van der Waals surface area contributed by atoms with Crippen molar-refractivity contribution < 1.29 is 28.9 Å². The smallest absolute Gasteiger partial charge is 0.278 e. The molecule has 0 spiro atoms. The Labute approximate surface area is 201 Å². The summed E-state index contributed by atoms with van der Waals surface area (Å²) in [4.78, 5) is 48.3. The summed E-state index contributed by atoms with van der Waals surface area (Å²) in [5, 5.41) is 18.0. The third-order valence-electron chi connectivity index (χ3n) is 5.36. The van der Waals surface area contributed by atoms with Crippen LogP contribution in [0.5, 0.6) is 0 Å². The molecule has 0 aromatic carbocycles. The summed E-state index contributed by atoms with van der Waals surface area (Å²) < 4.78 is 5.83. The summed E-state index contributed by atoms with van der Waals surface area (Å²) in [6, 6.07) is 4.57. The van der Waals surface area contributed by atoms with E-state index in [1.807, 2.05) is 22.8 Å². The Morgan fingerprint density at radius 1 is 1.32 bits per heavy atom. The lowest BCUT2D eigenvalue weighted by atomic mass is 10.0. The Bertz CT molecular complexity index is 1210. The number of carboxylic acids is 1. The minimum absolute atomic E-state index is 0.00179. The number of pyridine rings is 1. The second kappa shape index (κ2) is 9.02. The van der Waals surface area contributed by atoms with Crippen LogP contribution in [0, 0.1) is 0 Å². The van der Waals surface area contributed by atoms with Crippen LogP contribution in [0.25, 0.3) is 0 Å². The number of thioether (sulfide) groups is 1. The lowest BCUT2D eigenvalue weighted by molar-refractivity contribution is -0.689. The van der Waals surface area contributed by atoms with Crippen LogP contribution in [-0.4, -0.2) is 61.0 Å². The molecule has 1 saturated heterocycles. The molecule has 4 heterocycles. The number of carbonyl (C=O) groups is 3. The number of amides is 2. The van der Waals surface area contributed by atoms with Crippen LogP contribution in [0.3, 0.4) is 0 Å². The normalized spacial score (nSPS) is 22.2. The first-order valence-electron chi connectivity index (χ1n) is 10.4. The van der Waals surface area contributed by atoms with Crippen LogP contribution < -0.4 is 20.7 Å². The van der Waals surface area contributed by atoms with Crippen molar-refractivity contribution in [2.45, 2.75) is 36.9 Å². The minimum Gasteiger partial charge on any atom is -0.543 e. The number of fused-ring (bicyclic) bond motifs is 1. The summed E-state index contributed by atoms with van der Waals surface area (Å²) in [5.74, 6) is -2.33. The molecule has 34 heavy (non-hydrogen) atoms. The molecule has 2 aromatic heterocycles. The van der Waals surface area contributed by atoms with E-state index in [-0.39, 0.29) is 28.5 Å². The van der Waals surface area contributed by atoms with Gasteiger partial charge in [0, 0.05) is 35.0 Å². The molecule has 5 rings (SSSR count). The quantitative estimate of drug-likeness (QED) is 0.187. The number of rotatable bonds is 8. The Balaban J connectivity index is 1.34. The van der Waals surface area contributed by atoms with Gasteiger partial charge in [-0.25, -0.2) is 4.57 Å². The van der Waals surface area contributed by atoms with Gasteiger partial charge in [-0.3, -0.25) is 14.5 Å². The van der Waals surface area contributed by atoms with Gasteiger partial charge in [0.15, 0.2) is 24.1 Å². The van der Waals surface area contributed by atoms with Crippen LogP contribution in [0.15, 0.2) is 47.0 Å². The number of hydrogen-bond donors (Lipinski definition) is 2. The fourth-order valence-corrected chi connectivity index (χ4v) is 5.35. The fourth-order valence-electron chi connectivity index (χ4n) is 3.58. The van der Waals surface area contributed by atoms with Crippen LogP contribution in [0.2, 0.25) is 0 Å². The molecule has 1 saturated carbocycles. The number of oxime groups is 1. The molecule has 1 aliphatic carbocycles. The highest BCUT2D eigenvalue weighted by Crippen LogP contribution is 2.40. The highest BCUT2D eigenvalue weighted by molar-refractivity contribution is 8.00. The number of nitrogen functional groups attached to an aromatic ring is 1. The number of nitrogens with two attached hydrogens (primary N) is 1.